The maximum Gasteiger partial charge on any atom is 0.253 e. The van der Waals surface area contributed by atoms with Crippen LogP contribution in [0.2, 0.25) is 0 Å². The number of hydrogen-bond donors (Lipinski definition) is 0. The maximum absolute atomic E-state index is 13.0. The second-order valence-corrected chi connectivity index (χ2v) is 8.69. The summed E-state index contributed by atoms with van der Waals surface area (Å²) in [6, 6.07) is 12.7. The summed E-state index contributed by atoms with van der Waals surface area (Å²) < 4.78 is 32.6. The van der Waals surface area contributed by atoms with Gasteiger partial charge in [0.25, 0.3) is 5.91 Å². The van der Waals surface area contributed by atoms with E-state index in [4.69, 9.17) is 4.74 Å². The average molecular weight is 419 g/mol. The SMILES string of the molecule is CCc1ccc(CN(C)C(=O)c2ccc(OC)c(S(=O)(=O)N(CC)CC)c2)cc1. The number of carbonyl (C=O) groups is 1. The summed E-state index contributed by atoms with van der Waals surface area (Å²) in [6.45, 7) is 6.77. The predicted molar refractivity (Wildman–Crippen MR) is 115 cm³/mol. The third kappa shape index (κ3) is 5.16. The lowest BCUT2D eigenvalue weighted by atomic mass is 10.1. The van der Waals surface area contributed by atoms with Crippen molar-refractivity contribution in [1.29, 1.82) is 0 Å². The predicted octanol–water partition coefficient (Wildman–Crippen LogP) is 3.56. The monoisotopic (exact) mass is 418 g/mol. The van der Waals surface area contributed by atoms with Crippen LogP contribution in [0.1, 0.15) is 42.3 Å². The zero-order chi connectivity index (χ0) is 21.6. The summed E-state index contributed by atoms with van der Waals surface area (Å²) in [5, 5.41) is 0. The molecule has 7 heteroatoms. The van der Waals surface area contributed by atoms with Gasteiger partial charge in [0.05, 0.1) is 7.11 Å². The van der Waals surface area contributed by atoms with Gasteiger partial charge in [-0.2, -0.15) is 4.31 Å². The Morgan fingerprint density at radius 2 is 1.55 bits per heavy atom. The molecule has 2 rings (SSSR count). The van der Waals surface area contributed by atoms with Gasteiger partial charge in [0.2, 0.25) is 10.0 Å². The third-order valence-electron chi connectivity index (χ3n) is 4.93. The summed E-state index contributed by atoms with van der Waals surface area (Å²) in [5.41, 5.74) is 2.57. The van der Waals surface area contributed by atoms with Crippen LogP contribution in [0.5, 0.6) is 5.75 Å². The molecule has 2 aromatic carbocycles. The quantitative estimate of drug-likeness (QED) is 0.624. The topological polar surface area (TPSA) is 66.9 Å². The number of nitrogens with zero attached hydrogens (tertiary/aromatic N) is 2. The van der Waals surface area contributed by atoms with Crippen molar-refractivity contribution in [3.8, 4) is 5.75 Å². The molecule has 0 aliphatic rings. The Kier molecular flexibility index (Phi) is 7.81. The normalized spacial score (nSPS) is 11.5. The van der Waals surface area contributed by atoms with Gasteiger partial charge in [0.15, 0.2) is 0 Å². The van der Waals surface area contributed by atoms with E-state index in [9.17, 15) is 13.2 Å². The molecule has 0 atom stereocenters. The van der Waals surface area contributed by atoms with Gasteiger partial charge in [-0.1, -0.05) is 45.0 Å². The number of hydrogen-bond acceptors (Lipinski definition) is 4. The van der Waals surface area contributed by atoms with E-state index in [0.717, 1.165) is 12.0 Å². The van der Waals surface area contributed by atoms with Gasteiger partial charge in [-0.15, -0.1) is 0 Å². The van der Waals surface area contributed by atoms with Crippen LogP contribution in [0, 0.1) is 0 Å². The van der Waals surface area contributed by atoms with Crippen LogP contribution in [-0.2, 0) is 23.0 Å². The fourth-order valence-corrected chi connectivity index (χ4v) is 4.80. The lowest BCUT2D eigenvalue weighted by Gasteiger charge is -2.22. The summed E-state index contributed by atoms with van der Waals surface area (Å²) in [5.74, 6) is -0.0190. The Bertz CT molecular complexity index is 936. The van der Waals surface area contributed by atoms with Crippen molar-refractivity contribution >= 4 is 15.9 Å². The highest BCUT2D eigenvalue weighted by Gasteiger charge is 2.27. The van der Waals surface area contributed by atoms with Gasteiger partial charge in [-0.3, -0.25) is 4.79 Å². The van der Waals surface area contributed by atoms with Gasteiger partial charge >= 0.3 is 0 Å². The Balaban J connectivity index is 2.32. The van der Waals surface area contributed by atoms with Crippen molar-refractivity contribution in [3.05, 3.63) is 59.2 Å². The summed E-state index contributed by atoms with van der Waals surface area (Å²) in [4.78, 5) is 14.5. The van der Waals surface area contributed by atoms with Gasteiger partial charge in [-0.05, 0) is 35.7 Å². The smallest absolute Gasteiger partial charge is 0.253 e. The molecule has 158 valence electrons. The van der Waals surface area contributed by atoms with E-state index < -0.39 is 10.0 Å². The first kappa shape index (κ1) is 22.9. The Morgan fingerprint density at radius 1 is 0.966 bits per heavy atom. The van der Waals surface area contributed by atoms with Crippen LogP contribution in [0.4, 0.5) is 0 Å². The highest BCUT2D eigenvalue weighted by molar-refractivity contribution is 7.89. The van der Waals surface area contributed by atoms with Crippen molar-refractivity contribution < 1.29 is 17.9 Å². The molecule has 0 saturated carbocycles. The lowest BCUT2D eigenvalue weighted by Crippen LogP contribution is -2.31. The van der Waals surface area contributed by atoms with Crippen LogP contribution >= 0.6 is 0 Å². The summed E-state index contributed by atoms with van der Waals surface area (Å²) in [7, 11) is -0.627. The number of rotatable bonds is 9. The molecule has 0 radical (unpaired) electrons. The van der Waals surface area contributed by atoms with Gasteiger partial charge in [-0.25, -0.2) is 8.42 Å². The molecule has 6 nitrogen and oxygen atoms in total. The molecule has 0 aromatic heterocycles. The molecule has 0 saturated heterocycles. The zero-order valence-electron chi connectivity index (χ0n) is 17.8. The molecular weight excluding hydrogens is 388 g/mol. The first-order valence-corrected chi connectivity index (χ1v) is 11.2. The Labute approximate surface area is 174 Å². The highest BCUT2D eigenvalue weighted by Crippen LogP contribution is 2.28. The molecule has 0 spiro atoms. The number of amides is 1. The fourth-order valence-electron chi connectivity index (χ4n) is 3.16. The van der Waals surface area contributed by atoms with Crippen LogP contribution in [0.25, 0.3) is 0 Å². The molecule has 0 heterocycles. The molecule has 0 unspecified atom stereocenters. The van der Waals surface area contributed by atoms with Crippen LogP contribution in [-0.4, -0.2) is 50.8 Å². The summed E-state index contributed by atoms with van der Waals surface area (Å²) in [6.07, 6.45) is 0.963. The van der Waals surface area contributed by atoms with E-state index >= 15 is 0 Å². The van der Waals surface area contributed by atoms with Crippen LogP contribution in [0.15, 0.2) is 47.4 Å². The highest BCUT2D eigenvalue weighted by atomic mass is 32.2. The Morgan fingerprint density at radius 3 is 2.07 bits per heavy atom. The van der Waals surface area contributed by atoms with Crippen molar-refractivity contribution in [2.75, 3.05) is 27.2 Å². The molecule has 0 N–H and O–H groups in total. The number of benzene rings is 2. The molecule has 29 heavy (non-hydrogen) atoms. The van der Waals surface area contributed by atoms with Gasteiger partial charge in [0.1, 0.15) is 10.6 Å². The Hall–Kier alpha value is -2.38. The van der Waals surface area contributed by atoms with E-state index in [1.54, 1.807) is 31.9 Å². The largest absolute Gasteiger partial charge is 0.495 e. The molecular formula is C22H30N2O4S. The van der Waals surface area contributed by atoms with Crippen molar-refractivity contribution in [2.24, 2.45) is 0 Å². The van der Waals surface area contributed by atoms with Gasteiger partial charge in [0, 0.05) is 32.2 Å². The molecule has 0 bridgehead atoms. The summed E-state index contributed by atoms with van der Waals surface area (Å²) >= 11 is 0. The molecule has 0 aliphatic carbocycles. The first-order chi connectivity index (χ1) is 13.8. The van der Waals surface area contributed by atoms with E-state index in [-0.39, 0.29) is 16.6 Å². The minimum absolute atomic E-state index is 0.00949. The molecule has 0 aliphatic heterocycles. The lowest BCUT2D eigenvalue weighted by molar-refractivity contribution is 0.0785. The number of aryl methyl sites for hydroxylation is 1. The number of carbonyl (C=O) groups excluding carboxylic acids is 1. The molecule has 2 aromatic rings. The molecule has 0 fully saturated rings. The second-order valence-electron chi connectivity index (χ2n) is 6.79. The van der Waals surface area contributed by atoms with E-state index in [0.29, 0.717) is 25.2 Å². The maximum atomic E-state index is 13.0. The zero-order valence-corrected chi connectivity index (χ0v) is 18.6. The third-order valence-corrected chi connectivity index (χ3v) is 7.00. The fraction of sp³-hybridized carbons (Fsp3) is 0.409. The number of sulfonamides is 1. The van der Waals surface area contributed by atoms with E-state index in [1.807, 2.05) is 12.1 Å². The standard InChI is InChI=1S/C22H30N2O4S/c1-6-17-9-11-18(12-10-17)16-23(4)22(25)19-13-14-20(28-5)21(15-19)29(26,27)24(7-2)8-3/h9-15H,6-8,16H2,1-5H3. The van der Waals surface area contributed by atoms with Crippen molar-refractivity contribution in [2.45, 2.75) is 38.6 Å². The minimum atomic E-state index is -3.75. The number of ether oxygens (including phenoxy) is 1. The minimum Gasteiger partial charge on any atom is -0.495 e. The van der Waals surface area contributed by atoms with Crippen LogP contribution in [0.3, 0.4) is 0 Å². The van der Waals surface area contributed by atoms with Crippen molar-refractivity contribution in [3.63, 3.8) is 0 Å². The van der Waals surface area contributed by atoms with E-state index in [1.165, 1.54) is 29.1 Å². The van der Waals surface area contributed by atoms with Crippen LogP contribution < -0.4 is 4.74 Å². The van der Waals surface area contributed by atoms with Crippen molar-refractivity contribution in [1.82, 2.24) is 9.21 Å². The number of methoxy groups -OCH3 is 1. The average Bonchev–Trinajstić information content (AvgIpc) is 2.73. The van der Waals surface area contributed by atoms with E-state index in [2.05, 4.69) is 19.1 Å². The molecule has 1 amide bonds. The van der Waals surface area contributed by atoms with Gasteiger partial charge < -0.3 is 9.64 Å². The first-order valence-electron chi connectivity index (χ1n) is 9.79. The second kappa shape index (κ2) is 9.89.